The van der Waals surface area contributed by atoms with E-state index in [9.17, 15) is 4.79 Å². The summed E-state index contributed by atoms with van der Waals surface area (Å²) in [5.74, 6) is 0.776. The summed E-state index contributed by atoms with van der Waals surface area (Å²) in [5.41, 5.74) is 4.08. The fraction of sp³-hybridized carbons (Fsp3) is 0.250. The van der Waals surface area contributed by atoms with Crippen LogP contribution in [0.15, 0.2) is 58.7 Å². The van der Waals surface area contributed by atoms with Crippen LogP contribution in [0, 0.1) is 6.92 Å². The number of nitrogens with one attached hydrogen (secondary N) is 1. The first kappa shape index (κ1) is 18.2. The number of carbonyl (C=O) groups excluding carboxylic acids is 1. The SMILES string of the molecule is COc1ccc(/C(C)=N\N=C2\NC(=O)[C@@H](Cc3cccc(C)c3)S2)cc1. The molecule has 1 N–H and O–H groups in total. The van der Waals surface area contributed by atoms with Gasteiger partial charge in [0, 0.05) is 0 Å². The summed E-state index contributed by atoms with van der Waals surface area (Å²) in [7, 11) is 1.63. The van der Waals surface area contributed by atoms with Gasteiger partial charge in [-0.05, 0) is 55.7 Å². The molecule has 26 heavy (non-hydrogen) atoms. The molecule has 3 rings (SSSR count). The molecule has 0 aromatic heterocycles. The highest BCUT2D eigenvalue weighted by Gasteiger charge is 2.30. The average Bonchev–Trinajstić information content (AvgIpc) is 2.99. The third kappa shape index (κ3) is 4.52. The summed E-state index contributed by atoms with van der Waals surface area (Å²) in [5, 5.41) is 11.6. The lowest BCUT2D eigenvalue weighted by Crippen LogP contribution is -2.26. The van der Waals surface area contributed by atoms with Crippen molar-refractivity contribution in [1.29, 1.82) is 0 Å². The van der Waals surface area contributed by atoms with Crippen molar-refractivity contribution in [2.45, 2.75) is 25.5 Å². The van der Waals surface area contributed by atoms with Crippen LogP contribution in [-0.4, -0.2) is 29.1 Å². The quantitative estimate of drug-likeness (QED) is 0.649. The highest BCUT2D eigenvalue weighted by molar-refractivity contribution is 8.15. The van der Waals surface area contributed by atoms with E-state index in [2.05, 4.69) is 34.6 Å². The van der Waals surface area contributed by atoms with Gasteiger partial charge in [0.1, 0.15) is 5.75 Å². The van der Waals surface area contributed by atoms with E-state index in [0.717, 1.165) is 22.6 Å². The van der Waals surface area contributed by atoms with Crippen LogP contribution in [0.2, 0.25) is 0 Å². The molecule has 1 atom stereocenters. The van der Waals surface area contributed by atoms with Gasteiger partial charge in [0.05, 0.1) is 18.1 Å². The number of carbonyl (C=O) groups is 1. The molecule has 1 aliphatic heterocycles. The Morgan fingerprint density at radius 3 is 2.69 bits per heavy atom. The average molecular weight is 367 g/mol. The van der Waals surface area contributed by atoms with Crippen molar-refractivity contribution in [2.24, 2.45) is 10.2 Å². The van der Waals surface area contributed by atoms with Crippen LogP contribution in [0.5, 0.6) is 5.75 Å². The molecule has 1 heterocycles. The topological polar surface area (TPSA) is 63.1 Å². The normalized spacial score (nSPS) is 18.9. The maximum absolute atomic E-state index is 12.2. The van der Waals surface area contributed by atoms with Gasteiger partial charge in [0.15, 0.2) is 5.17 Å². The van der Waals surface area contributed by atoms with E-state index in [1.807, 2.05) is 43.3 Å². The second-order valence-electron chi connectivity index (χ2n) is 6.11. The monoisotopic (exact) mass is 367 g/mol. The molecular weight excluding hydrogens is 346 g/mol. The zero-order valence-electron chi connectivity index (χ0n) is 15.0. The molecule has 2 aromatic carbocycles. The van der Waals surface area contributed by atoms with Crippen LogP contribution in [0.4, 0.5) is 0 Å². The number of aryl methyl sites for hydroxylation is 1. The predicted molar refractivity (Wildman–Crippen MR) is 107 cm³/mol. The molecule has 1 saturated heterocycles. The molecule has 5 nitrogen and oxygen atoms in total. The van der Waals surface area contributed by atoms with Gasteiger partial charge in [-0.3, -0.25) is 4.79 Å². The van der Waals surface area contributed by atoms with Crippen LogP contribution in [0.25, 0.3) is 0 Å². The van der Waals surface area contributed by atoms with Crippen molar-refractivity contribution >= 4 is 28.5 Å². The van der Waals surface area contributed by atoms with E-state index >= 15 is 0 Å². The van der Waals surface area contributed by atoms with E-state index < -0.39 is 0 Å². The van der Waals surface area contributed by atoms with Crippen molar-refractivity contribution in [3.05, 3.63) is 65.2 Å². The van der Waals surface area contributed by atoms with Gasteiger partial charge in [0.2, 0.25) is 5.91 Å². The third-order valence-electron chi connectivity index (χ3n) is 4.08. The second-order valence-corrected chi connectivity index (χ2v) is 7.30. The number of methoxy groups -OCH3 is 1. The Kier molecular flexibility index (Phi) is 5.73. The molecule has 1 fully saturated rings. The molecule has 134 valence electrons. The number of hydrogen-bond donors (Lipinski definition) is 1. The lowest BCUT2D eigenvalue weighted by atomic mass is 10.1. The molecule has 0 aliphatic carbocycles. The van der Waals surface area contributed by atoms with Crippen LogP contribution in [-0.2, 0) is 11.2 Å². The Morgan fingerprint density at radius 1 is 1.23 bits per heavy atom. The van der Waals surface area contributed by atoms with Gasteiger partial charge >= 0.3 is 0 Å². The van der Waals surface area contributed by atoms with Crippen molar-refractivity contribution in [3.8, 4) is 5.75 Å². The molecule has 6 heteroatoms. The van der Waals surface area contributed by atoms with Crippen LogP contribution >= 0.6 is 11.8 Å². The molecule has 0 radical (unpaired) electrons. The zero-order chi connectivity index (χ0) is 18.5. The minimum atomic E-state index is -0.174. The highest BCUT2D eigenvalue weighted by atomic mass is 32.2. The Balaban J connectivity index is 1.67. The highest BCUT2D eigenvalue weighted by Crippen LogP contribution is 2.24. The number of amidine groups is 1. The van der Waals surface area contributed by atoms with Crippen LogP contribution in [0.1, 0.15) is 23.6 Å². The summed E-state index contributed by atoms with van der Waals surface area (Å²) in [6.07, 6.45) is 0.679. The Bertz CT molecular complexity index is 860. The molecule has 1 aliphatic rings. The summed E-state index contributed by atoms with van der Waals surface area (Å²) in [6, 6.07) is 15.8. The first-order valence-corrected chi connectivity index (χ1v) is 9.23. The smallest absolute Gasteiger partial charge is 0.239 e. The standard InChI is InChI=1S/C20H21N3O2S/c1-13-5-4-6-15(11-13)12-18-19(24)21-20(26-18)23-22-14(2)16-7-9-17(25-3)10-8-16/h4-11,18H,12H2,1-3H3,(H,21,23,24)/b22-14-/t18-/m1/s1. The van der Waals surface area contributed by atoms with Gasteiger partial charge in [-0.1, -0.05) is 41.6 Å². The summed E-state index contributed by atoms with van der Waals surface area (Å²) < 4.78 is 5.15. The predicted octanol–water partition coefficient (Wildman–Crippen LogP) is 3.56. The second kappa shape index (κ2) is 8.19. The van der Waals surface area contributed by atoms with Gasteiger partial charge in [-0.15, -0.1) is 5.10 Å². The van der Waals surface area contributed by atoms with Gasteiger partial charge < -0.3 is 10.1 Å². The Labute approximate surface area is 157 Å². The number of nitrogens with zero attached hydrogens (tertiary/aromatic N) is 2. The molecule has 0 bridgehead atoms. The minimum Gasteiger partial charge on any atom is -0.497 e. The van der Waals surface area contributed by atoms with E-state index in [1.54, 1.807) is 7.11 Å². The van der Waals surface area contributed by atoms with E-state index in [4.69, 9.17) is 4.74 Å². The number of benzene rings is 2. The number of thioether (sulfide) groups is 1. The molecule has 2 aromatic rings. The van der Waals surface area contributed by atoms with Crippen molar-refractivity contribution in [3.63, 3.8) is 0 Å². The number of ether oxygens (including phenoxy) is 1. The lowest BCUT2D eigenvalue weighted by Gasteiger charge is -2.05. The fourth-order valence-corrected chi connectivity index (χ4v) is 3.61. The fourth-order valence-electron chi connectivity index (χ4n) is 2.65. The van der Waals surface area contributed by atoms with E-state index in [1.165, 1.54) is 17.3 Å². The zero-order valence-corrected chi connectivity index (χ0v) is 15.8. The molecule has 0 saturated carbocycles. The minimum absolute atomic E-state index is 0.0208. The number of amides is 1. The maximum atomic E-state index is 12.2. The van der Waals surface area contributed by atoms with Crippen LogP contribution < -0.4 is 10.1 Å². The first-order chi connectivity index (χ1) is 12.5. The molecular formula is C20H21N3O2S. The van der Waals surface area contributed by atoms with Gasteiger partial charge in [0.25, 0.3) is 0 Å². The maximum Gasteiger partial charge on any atom is 0.239 e. The summed E-state index contributed by atoms with van der Waals surface area (Å²) in [6.45, 7) is 3.94. The van der Waals surface area contributed by atoms with Crippen LogP contribution in [0.3, 0.4) is 0 Å². The van der Waals surface area contributed by atoms with Gasteiger partial charge in [-0.25, -0.2) is 0 Å². The van der Waals surface area contributed by atoms with Crippen molar-refractivity contribution in [2.75, 3.05) is 7.11 Å². The van der Waals surface area contributed by atoms with E-state index in [0.29, 0.717) is 11.6 Å². The molecule has 0 spiro atoms. The first-order valence-electron chi connectivity index (χ1n) is 8.35. The molecule has 1 amide bonds. The van der Waals surface area contributed by atoms with E-state index in [-0.39, 0.29) is 11.2 Å². The van der Waals surface area contributed by atoms with Crippen molar-refractivity contribution < 1.29 is 9.53 Å². The largest absolute Gasteiger partial charge is 0.497 e. The van der Waals surface area contributed by atoms with Crippen molar-refractivity contribution in [1.82, 2.24) is 5.32 Å². The Morgan fingerprint density at radius 2 is 2.00 bits per heavy atom. The molecule has 0 unspecified atom stereocenters. The summed E-state index contributed by atoms with van der Waals surface area (Å²) in [4.78, 5) is 12.2. The number of rotatable bonds is 5. The number of hydrogen-bond acceptors (Lipinski definition) is 5. The van der Waals surface area contributed by atoms with Gasteiger partial charge in [-0.2, -0.15) is 5.10 Å². The Hall–Kier alpha value is -2.60. The third-order valence-corrected chi connectivity index (χ3v) is 5.15. The lowest BCUT2D eigenvalue weighted by molar-refractivity contribution is -0.118. The summed E-state index contributed by atoms with van der Waals surface area (Å²) >= 11 is 1.42.